The molecule has 1 aromatic rings. The molecule has 1 fully saturated rings. The van der Waals surface area contributed by atoms with E-state index in [1.165, 1.54) is 12.1 Å². The van der Waals surface area contributed by atoms with Crippen LogP contribution in [-0.4, -0.2) is 23.4 Å². The van der Waals surface area contributed by atoms with Gasteiger partial charge in [-0.1, -0.05) is 17.7 Å². The molecule has 0 aromatic heterocycles. The van der Waals surface area contributed by atoms with Gasteiger partial charge in [0, 0.05) is 13.0 Å². The van der Waals surface area contributed by atoms with Crippen molar-refractivity contribution in [2.75, 3.05) is 13.1 Å². The molecule has 1 aromatic carbocycles. The smallest absolute Gasteiger partial charge is 0.152 e. The molecule has 0 bridgehead atoms. The zero-order valence-electron chi connectivity index (χ0n) is 7.88. The molecule has 0 aliphatic carbocycles. The van der Waals surface area contributed by atoms with Gasteiger partial charge in [0.15, 0.2) is 5.67 Å². The Morgan fingerprint density at radius 3 is 2.73 bits per heavy atom. The van der Waals surface area contributed by atoms with E-state index in [-0.39, 0.29) is 30.1 Å². The van der Waals surface area contributed by atoms with Crippen LogP contribution in [0.1, 0.15) is 12.0 Å². The zero-order valence-corrected chi connectivity index (χ0v) is 8.64. The van der Waals surface area contributed by atoms with Gasteiger partial charge >= 0.3 is 0 Å². The molecular formula is C10H10ClF2NO. The maximum absolute atomic E-state index is 14.2. The molecule has 1 saturated heterocycles. The Morgan fingerprint density at radius 2 is 2.20 bits per heavy atom. The number of nitrogens with zero attached hydrogens (tertiary/aromatic N) is 1. The fourth-order valence-corrected chi connectivity index (χ4v) is 1.88. The molecular weight excluding hydrogens is 224 g/mol. The summed E-state index contributed by atoms with van der Waals surface area (Å²) in [5.74, 6) is -0.636. The molecule has 1 unspecified atom stereocenters. The van der Waals surface area contributed by atoms with Gasteiger partial charge in [0.05, 0.1) is 11.6 Å². The van der Waals surface area contributed by atoms with E-state index in [0.29, 0.717) is 0 Å². The van der Waals surface area contributed by atoms with Gasteiger partial charge in [0.1, 0.15) is 5.82 Å². The van der Waals surface area contributed by atoms with Crippen LogP contribution in [0.4, 0.5) is 8.78 Å². The Morgan fingerprint density at radius 1 is 1.47 bits per heavy atom. The van der Waals surface area contributed by atoms with E-state index in [1.807, 2.05) is 0 Å². The van der Waals surface area contributed by atoms with Gasteiger partial charge in [0.25, 0.3) is 0 Å². The SMILES string of the molecule is ON1CCC(F)(c2ccc(Cl)c(F)c2)C1. The van der Waals surface area contributed by atoms with Crippen LogP contribution < -0.4 is 0 Å². The fraction of sp³-hybridized carbons (Fsp3) is 0.400. The molecule has 0 radical (unpaired) electrons. The van der Waals surface area contributed by atoms with Gasteiger partial charge < -0.3 is 5.21 Å². The number of benzene rings is 1. The molecule has 5 heteroatoms. The average molecular weight is 234 g/mol. The molecule has 1 N–H and O–H groups in total. The summed E-state index contributed by atoms with van der Waals surface area (Å²) in [5, 5.41) is 9.99. The van der Waals surface area contributed by atoms with E-state index in [9.17, 15) is 8.78 Å². The van der Waals surface area contributed by atoms with Crippen molar-refractivity contribution >= 4 is 11.6 Å². The highest BCUT2D eigenvalue weighted by Crippen LogP contribution is 2.36. The van der Waals surface area contributed by atoms with E-state index in [1.54, 1.807) is 0 Å². The lowest BCUT2D eigenvalue weighted by Gasteiger charge is -2.19. The summed E-state index contributed by atoms with van der Waals surface area (Å²) in [6.45, 7) is 0.120. The van der Waals surface area contributed by atoms with Crippen LogP contribution in [0.5, 0.6) is 0 Å². The van der Waals surface area contributed by atoms with E-state index < -0.39 is 11.5 Å². The maximum Gasteiger partial charge on any atom is 0.152 e. The molecule has 82 valence electrons. The summed E-state index contributed by atoms with van der Waals surface area (Å²) >= 11 is 5.50. The van der Waals surface area contributed by atoms with Gasteiger partial charge in [-0.15, -0.1) is 0 Å². The van der Waals surface area contributed by atoms with Crippen LogP contribution in [0.25, 0.3) is 0 Å². The minimum absolute atomic E-state index is 0.0267. The van der Waals surface area contributed by atoms with E-state index in [0.717, 1.165) is 11.1 Å². The van der Waals surface area contributed by atoms with Crippen molar-refractivity contribution in [3.63, 3.8) is 0 Å². The van der Waals surface area contributed by atoms with Crippen molar-refractivity contribution in [2.24, 2.45) is 0 Å². The fourth-order valence-electron chi connectivity index (χ4n) is 1.76. The van der Waals surface area contributed by atoms with E-state index >= 15 is 0 Å². The number of hydroxylamine groups is 2. The first-order valence-corrected chi connectivity index (χ1v) is 4.97. The summed E-state index contributed by atoms with van der Waals surface area (Å²) in [7, 11) is 0. The highest BCUT2D eigenvalue weighted by Gasteiger charge is 2.39. The number of halogens is 3. The van der Waals surface area contributed by atoms with Crippen molar-refractivity contribution in [2.45, 2.75) is 12.1 Å². The van der Waals surface area contributed by atoms with Gasteiger partial charge in [-0.2, -0.15) is 5.06 Å². The van der Waals surface area contributed by atoms with Crippen molar-refractivity contribution in [1.82, 2.24) is 5.06 Å². The molecule has 1 aliphatic heterocycles. The topological polar surface area (TPSA) is 23.5 Å². The van der Waals surface area contributed by atoms with Crippen LogP contribution in [0.2, 0.25) is 5.02 Å². The number of hydrogen-bond acceptors (Lipinski definition) is 2. The number of rotatable bonds is 1. The first-order chi connectivity index (χ1) is 7.01. The normalized spacial score (nSPS) is 27.2. The third-order valence-corrected chi connectivity index (χ3v) is 2.94. The van der Waals surface area contributed by atoms with Crippen LogP contribution >= 0.6 is 11.6 Å². The van der Waals surface area contributed by atoms with Crippen LogP contribution in [0, 0.1) is 5.82 Å². The lowest BCUT2D eigenvalue weighted by Crippen LogP contribution is -2.25. The summed E-state index contributed by atoms with van der Waals surface area (Å²) in [4.78, 5) is 0. The van der Waals surface area contributed by atoms with Gasteiger partial charge in [-0.05, 0) is 17.7 Å². The molecule has 15 heavy (non-hydrogen) atoms. The highest BCUT2D eigenvalue weighted by molar-refractivity contribution is 6.30. The second-order valence-corrected chi connectivity index (χ2v) is 4.14. The summed E-state index contributed by atoms with van der Waals surface area (Å²) < 4.78 is 27.3. The molecule has 1 aliphatic rings. The summed E-state index contributed by atoms with van der Waals surface area (Å²) in [6.07, 6.45) is 0.157. The average Bonchev–Trinajstić information content (AvgIpc) is 2.52. The lowest BCUT2D eigenvalue weighted by atomic mass is 9.95. The molecule has 0 spiro atoms. The minimum Gasteiger partial charge on any atom is -0.314 e. The van der Waals surface area contributed by atoms with Gasteiger partial charge in [-0.3, -0.25) is 0 Å². The van der Waals surface area contributed by atoms with Crippen LogP contribution in [0.15, 0.2) is 18.2 Å². The van der Waals surface area contributed by atoms with E-state index in [2.05, 4.69) is 0 Å². The Bertz CT molecular complexity index is 388. The molecule has 0 amide bonds. The molecule has 0 saturated carbocycles. The predicted molar refractivity (Wildman–Crippen MR) is 52.2 cm³/mol. The number of hydrogen-bond donors (Lipinski definition) is 1. The first-order valence-electron chi connectivity index (χ1n) is 4.59. The van der Waals surface area contributed by atoms with Crippen molar-refractivity contribution < 1.29 is 14.0 Å². The van der Waals surface area contributed by atoms with Crippen molar-refractivity contribution in [3.05, 3.63) is 34.6 Å². The third-order valence-electron chi connectivity index (χ3n) is 2.64. The van der Waals surface area contributed by atoms with Crippen molar-refractivity contribution in [1.29, 1.82) is 0 Å². The summed E-state index contributed by atoms with van der Waals surface area (Å²) in [5.41, 5.74) is -1.46. The highest BCUT2D eigenvalue weighted by atomic mass is 35.5. The van der Waals surface area contributed by atoms with E-state index in [4.69, 9.17) is 16.8 Å². The Balaban J connectivity index is 2.33. The monoisotopic (exact) mass is 233 g/mol. The second-order valence-electron chi connectivity index (χ2n) is 3.73. The molecule has 2 nitrogen and oxygen atoms in total. The maximum atomic E-state index is 14.2. The van der Waals surface area contributed by atoms with Crippen LogP contribution in [-0.2, 0) is 5.67 Å². The molecule has 2 rings (SSSR count). The van der Waals surface area contributed by atoms with Gasteiger partial charge in [-0.25, -0.2) is 8.78 Å². The standard InChI is InChI=1S/C10H10ClF2NO/c11-8-2-1-7(5-9(8)12)10(13)3-4-14(15)6-10/h1-2,5,15H,3-4,6H2. The van der Waals surface area contributed by atoms with Crippen LogP contribution in [0.3, 0.4) is 0 Å². The Kier molecular flexibility index (Phi) is 2.66. The van der Waals surface area contributed by atoms with Gasteiger partial charge in [0.2, 0.25) is 0 Å². The zero-order chi connectivity index (χ0) is 11.1. The molecule has 1 heterocycles. The molecule has 1 atom stereocenters. The minimum atomic E-state index is -1.68. The first kappa shape index (κ1) is 10.8. The second kappa shape index (κ2) is 3.70. The number of alkyl halides is 1. The predicted octanol–water partition coefficient (Wildman–Crippen LogP) is 2.74. The van der Waals surface area contributed by atoms with Crippen molar-refractivity contribution in [3.8, 4) is 0 Å². The lowest BCUT2D eigenvalue weighted by molar-refractivity contribution is -0.0805. The Labute approximate surface area is 91.0 Å². The third kappa shape index (κ3) is 1.97. The Hall–Kier alpha value is -0.710. The summed E-state index contributed by atoms with van der Waals surface area (Å²) in [6, 6.07) is 3.86. The quantitative estimate of drug-likeness (QED) is 0.806. The largest absolute Gasteiger partial charge is 0.314 e.